The molecule has 0 atom stereocenters. The Kier molecular flexibility index (Phi) is 9.71. The zero-order valence-corrected chi connectivity index (χ0v) is 22.2. The highest BCUT2D eigenvalue weighted by molar-refractivity contribution is 5.65. The molecule has 1 nitrogen and oxygen atoms in total. The first-order valence-corrected chi connectivity index (χ1v) is 14.0. The molecule has 0 aromatic heterocycles. The molecule has 0 unspecified atom stereocenters. The number of hydrogen-bond acceptors (Lipinski definition) is 1. The van der Waals surface area contributed by atoms with Crippen LogP contribution in [0.5, 0.6) is 5.75 Å². The first-order valence-electron chi connectivity index (χ1n) is 14.0. The third kappa shape index (κ3) is 6.97. The summed E-state index contributed by atoms with van der Waals surface area (Å²) in [5.74, 6) is -0.349. The molecule has 3 aromatic carbocycles. The molecule has 37 heavy (non-hydrogen) atoms. The summed E-state index contributed by atoms with van der Waals surface area (Å²) in [6, 6.07) is 15.9. The molecule has 0 spiro atoms. The van der Waals surface area contributed by atoms with Gasteiger partial charge in [0.15, 0.2) is 11.6 Å². The van der Waals surface area contributed by atoms with Crippen LogP contribution >= 0.6 is 0 Å². The Morgan fingerprint density at radius 1 is 0.784 bits per heavy atom. The van der Waals surface area contributed by atoms with E-state index < -0.39 is 11.6 Å². The van der Waals surface area contributed by atoms with Gasteiger partial charge in [0, 0.05) is 11.6 Å². The zero-order valence-electron chi connectivity index (χ0n) is 22.2. The lowest BCUT2D eigenvalue weighted by Gasteiger charge is -2.29. The number of halogens is 3. The standard InChI is InChI=1S/C33H39F3O/c1-3-5-6-7-23-8-13-25(14-9-23)29-20-21-30(33(36)32(29)35)26-15-10-24(11-16-26)12-17-27-18-19-28(37-4-2)22-31(27)34/h10-11,15-16,18-23,25H,3-9,12-14,17H2,1-2H3. The molecule has 1 saturated carbocycles. The molecule has 0 aliphatic heterocycles. The number of hydrogen-bond donors (Lipinski definition) is 0. The van der Waals surface area contributed by atoms with Gasteiger partial charge >= 0.3 is 0 Å². The fourth-order valence-corrected chi connectivity index (χ4v) is 5.66. The Balaban J connectivity index is 1.37. The molecule has 0 radical (unpaired) electrons. The molecule has 3 aromatic rings. The predicted molar refractivity (Wildman–Crippen MR) is 146 cm³/mol. The highest BCUT2D eigenvalue weighted by Crippen LogP contribution is 2.40. The van der Waals surface area contributed by atoms with E-state index in [1.165, 1.54) is 31.7 Å². The number of unbranched alkanes of at least 4 members (excludes halogenated alkanes) is 2. The van der Waals surface area contributed by atoms with Crippen LogP contribution in [-0.2, 0) is 12.8 Å². The molecule has 0 amide bonds. The van der Waals surface area contributed by atoms with Gasteiger partial charge in [-0.15, -0.1) is 0 Å². The lowest BCUT2D eigenvalue weighted by atomic mass is 9.76. The van der Waals surface area contributed by atoms with Gasteiger partial charge in [-0.05, 0) is 85.6 Å². The highest BCUT2D eigenvalue weighted by atomic mass is 19.2. The van der Waals surface area contributed by atoms with Crippen LogP contribution < -0.4 is 4.74 Å². The van der Waals surface area contributed by atoms with Crippen molar-refractivity contribution >= 4 is 0 Å². The molecule has 1 aliphatic carbocycles. The van der Waals surface area contributed by atoms with Crippen molar-refractivity contribution in [2.75, 3.05) is 6.61 Å². The van der Waals surface area contributed by atoms with E-state index in [2.05, 4.69) is 6.92 Å². The van der Waals surface area contributed by atoms with E-state index in [1.54, 1.807) is 24.3 Å². The van der Waals surface area contributed by atoms with Crippen molar-refractivity contribution in [1.82, 2.24) is 0 Å². The minimum Gasteiger partial charge on any atom is -0.494 e. The fraction of sp³-hybridized carbons (Fsp3) is 0.455. The topological polar surface area (TPSA) is 9.23 Å². The van der Waals surface area contributed by atoms with Crippen molar-refractivity contribution in [1.29, 1.82) is 0 Å². The average Bonchev–Trinajstić information content (AvgIpc) is 2.91. The smallest absolute Gasteiger partial charge is 0.166 e. The number of rotatable bonds is 11. The molecule has 0 heterocycles. The normalized spacial score (nSPS) is 17.6. The maximum atomic E-state index is 15.2. The van der Waals surface area contributed by atoms with Gasteiger partial charge in [0.25, 0.3) is 0 Å². The molecular weight excluding hydrogens is 469 g/mol. The van der Waals surface area contributed by atoms with E-state index in [-0.39, 0.29) is 11.7 Å². The minimum absolute atomic E-state index is 0.108. The summed E-state index contributed by atoms with van der Waals surface area (Å²) in [5, 5.41) is 0. The van der Waals surface area contributed by atoms with Gasteiger partial charge in [-0.2, -0.15) is 0 Å². The van der Waals surface area contributed by atoms with Crippen LogP contribution in [0.3, 0.4) is 0 Å². The van der Waals surface area contributed by atoms with E-state index in [4.69, 9.17) is 4.74 Å². The summed E-state index contributed by atoms with van der Waals surface area (Å²) in [4.78, 5) is 0. The molecule has 0 saturated heterocycles. The van der Waals surface area contributed by atoms with E-state index >= 15 is 8.78 Å². The second-order valence-electron chi connectivity index (χ2n) is 10.4. The fourth-order valence-electron chi connectivity index (χ4n) is 5.66. The lowest BCUT2D eigenvalue weighted by molar-refractivity contribution is 0.298. The lowest BCUT2D eigenvalue weighted by Crippen LogP contribution is -2.15. The highest BCUT2D eigenvalue weighted by Gasteiger charge is 2.26. The van der Waals surface area contributed by atoms with Gasteiger partial charge in [-0.3, -0.25) is 0 Å². The first kappa shape index (κ1) is 27.3. The molecular formula is C33H39F3O. The van der Waals surface area contributed by atoms with Crippen LogP contribution in [0.15, 0.2) is 54.6 Å². The molecule has 198 valence electrons. The second kappa shape index (κ2) is 13.2. The Morgan fingerprint density at radius 3 is 2.22 bits per heavy atom. The summed E-state index contributed by atoms with van der Waals surface area (Å²) in [5.41, 5.74) is 3.12. The number of benzene rings is 3. The van der Waals surface area contributed by atoms with Gasteiger partial charge in [0.1, 0.15) is 11.6 Å². The third-order valence-corrected chi connectivity index (χ3v) is 7.90. The van der Waals surface area contributed by atoms with Gasteiger partial charge in [-0.25, -0.2) is 13.2 Å². The summed E-state index contributed by atoms with van der Waals surface area (Å²) in [6.07, 6.45) is 10.4. The average molecular weight is 509 g/mol. The predicted octanol–water partition coefficient (Wildman–Crippen LogP) is 9.81. The van der Waals surface area contributed by atoms with Gasteiger partial charge < -0.3 is 4.74 Å². The number of ether oxygens (including phenoxy) is 1. The van der Waals surface area contributed by atoms with Crippen molar-refractivity contribution < 1.29 is 17.9 Å². The van der Waals surface area contributed by atoms with Gasteiger partial charge in [0.05, 0.1) is 6.61 Å². The van der Waals surface area contributed by atoms with Crippen LogP contribution in [0.2, 0.25) is 0 Å². The SMILES string of the molecule is CCCCCC1CCC(c2ccc(-c3ccc(CCc4ccc(OCC)cc4F)cc3)c(F)c2F)CC1. The molecule has 1 aliphatic rings. The quantitative estimate of drug-likeness (QED) is 0.234. The second-order valence-corrected chi connectivity index (χ2v) is 10.4. The Bertz CT molecular complexity index is 1150. The molecule has 1 fully saturated rings. The van der Waals surface area contributed by atoms with Crippen LogP contribution in [0.1, 0.15) is 87.8 Å². The van der Waals surface area contributed by atoms with E-state index in [0.29, 0.717) is 47.5 Å². The van der Waals surface area contributed by atoms with E-state index in [0.717, 1.165) is 37.2 Å². The third-order valence-electron chi connectivity index (χ3n) is 7.90. The van der Waals surface area contributed by atoms with Crippen molar-refractivity contribution in [2.24, 2.45) is 5.92 Å². The van der Waals surface area contributed by atoms with E-state index in [9.17, 15) is 4.39 Å². The zero-order chi connectivity index (χ0) is 26.2. The number of aryl methyl sites for hydroxylation is 2. The van der Waals surface area contributed by atoms with Gasteiger partial charge in [0.2, 0.25) is 0 Å². The first-order chi connectivity index (χ1) is 18.0. The Morgan fingerprint density at radius 2 is 1.54 bits per heavy atom. The van der Waals surface area contributed by atoms with Crippen molar-refractivity contribution in [3.63, 3.8) is 0 Å². The van der Waals surface area contributed by atoms with Crippen molar-refractivity contribution in [3.8, 4) is 16.9 Å². The summed E-state index contributed by atoms with van der Waals surface area (Å²) < 4.78 is 50.0. The van der Waals surface area contributed by atoms with Crippen LogP contribution in [0.4, 0.5) is 13.2 Å². The van der Waals surface area contributed by atoms with Crippen molar-refractivity contribution in [3.05, 3.63) is 88.7 Å². The Labute approximate surface area is 220 Å². The van der Waals surface area contributed by atoms with Crippen LogP contribution in [0.25, 0.3) is 11.1 Å². The summed E-state index contributed by atoms with van der Waals surface area (Å²) in [6.45, 7) is 4.59. The minimum atomic E-state index is -0.758. The van der Waals surface area contributed by atoms with Crippen LogP contribution in [0, 0.1) is 23.4 Å². The Hall–Kier alpha value is -2.75. The van der Waals surface area contributed by atoms with E-state index in [1.807, 2.05) is 31.2 Å². The molecule has 0 bridgehead atoms. The largest absolute Gasteiger partial charge is 0.494 e. The maximum absolute atomic E-state index is 15.2. The van der Waals surface area contributed by atoms with Crippen LogP contribution in [-0.4, -0.2) is 6.61 Å². The monoisotopic (exact) mass is 508 g/mol. The maximum Gasteiger partial charge on any atom is 0.166 e. The molecule has 4 heteroatoms. The molecule has 0 N–H and O–H groups in total. The summed E-state index contributed by atoms with van der Waals surface area (Å²) in [7, 11) is 0. The molecule has 4 rings (SSSR count). The van der Waals surface area contributed by atoms with Gasteiger partial charge in [-0.1, -0.05) is 75.1 Å². The summed E-state index contributed by atoms with van der Waals surface area (Å²) >= 11 is 0. The van der Waals surface area contributed by atoms with Crippen molar-refractivity contribution in [2.45, 2.75) is 84.0 Å².